The average Bonchev–Trinajstić information content (AvgIpc) is 2.81. The number of esters is 1. The molecule has 0 aromatic heterocycles. The van der Waals surface area contributed by atoms with Crippen LogP contribution in [0, 0.1) is 17.8 Å². The van der Waals surface area contributed by atoms with Crippen LogP contribution in [0.25, 0.3) is 0 Å². The molecule has 0 amide bonds. The molecule has 1 rings (SSSR count). The Morgan fingerprint density at radius 3 is 2.47 bits per heavy atom. The molecule has 0 aliphatic carbocycles. The third-order valence-electron chi connectivity index (χ3n) is 7.72. The third kappa shape index (κ3) is 10.6. The first-order valence-electron chi connectivity index (χ1n) is 13.9. The van der Waals surface area contributed by atoms with Crippen molar-refractivity contribution in [2.24, 2.45) is 17.8 Å². The zero-order valence-corrected chi connectivity index (χ0v) is 24.7. The smallest absolute Gasteiger partial charge is 0.330 e. The molecule has 1 saturated heterocycles. The normalized spacial score (nSPS) is 26.5. The largest absolute Gasteiger partial charge is 0.459 e. The van der Waals surface area contributed by atoms with Crippen LogP contribution in [0.3, 0.4) is 0 Å². The molecule has 6 unspecified atom stereocenters. The lowest BCUT2D eigenvalue weighted by Gasteiger charge is -2.45. The highest BCUT2D eigenvalue weighted by molar-refractivity contribution is 5.83. The Bertz CT molecular complexity index is 867. The van der Waals surface area contributed by atoms with Gasteiger partial charge >= 0.3 is 5.97 Å². The van der Waals surface area contributed by atoms with Crippen LogP contribution >= 0.6 is 0 Å². The van der Waals surface area contributed by atoms with Crippen molar-refractivity contribution in [1.29, 1.82) is 0 Å². The number of aliphatic hydroxyl groups excluding tert-OH is 1. The highest BCUT2D eigenvalue weighted by Gasteiger charge is 2.49. The molecule has 0 aromatic carbocycles. The standard InChI is InChI=1S/C32H52O6/c1-10-12-15-23(4)25(6)20-30(34)37-29(19-26(7)27(8)33)24(5)16-13-17-31(9,35)32(36)21-22(3)18-28(38-32)14-11-2/h10-13,17,20,23-24,26-29,33,35-36H,2-3,14-16,18-19,21H2,1,4-9H3/b12-10+,17-13+,25-20+/t23?,24?,26?,27?,28-,29?,31?,32-/m0/s1. The second-order valence-electron chi connectivity index (χ2n) is 11.5. The van der Waals surface area contributed by atoms with Crippen molar-refractivity contribution in [3.8, 4) is 0 Å². The predicted molar refractivity (Wildman–Crippen MR) is 154 cm³/mol. The van der Waals surface area contributed by atoms with E-state index in [0.29, 0.717) is 25.7 Å². The fourth-order valence-electron chi connectivity index (χ4n) is 4.50. The van der Waals surface area contributed by atoms with Crippen molar-refractivity contribution in [3.05, 3.63) is 60.8 Å². The molecule has 6 heteroatoms. The van der Waals surface area contributed by atoms with Gasteiger partial charge in [0.2, 0.25) is 5.79 Å². The van der Waals surface area contributed by atoms with E-state index in [9.17, 15) is 20.1 Å². The summed E-state index contributed by atoms with van der Waals surface area (Å²) in [7, 11) is 0. The van der Waals surface area contributed by atoms with E-state index >= 15 is 0 Å². The lowest BCUT2D eigenvalue weighted by molar-refractivity contribution is -0.305. The van der Waals surface area contributed by atoms with Crippen molar-refractivity contribution < 1.29 is 29.6 Å². The van der Waals surface area contributed by atoms with Gasteiger partial charge in [0.25, 0.3) is 0 Å². The maximum atomic E-state index is 12.8. The van der Waals surface area contributed by atoms with E-state index in [1.165, 1.54) is 6.92 Å². The Morgan fingerprint density at radius 1 is 1.24 bits per heavy atom. The quantitative estimate of drug-likeness (QED) is 0.132. The maximum absolute atomic E-state index is 12.8. The lowest BCUT2D eigenvalue weighted by atomic mass is 9.83. The molecule has 216 valence electrons. The van der Waals surface area contributed by atoms with E-state index in [4.69, 9.17) is 9.47 Å². The summed E-state index contributed by atoms with van der Waals surface area (Å²) in [6, 6.07) is 0. The molecule has 0 bridgehead atoms. The highest BCUT2D eigenvalue weighted by Crippen LogP contribution is 2.39. The molecule has 1 aliphatic heterocycles. The van der Waals surface area contributed by atoms with E-state index in [2.05, 4.69) is 26.2 Å². The first-order valence-corrected chi connectivity index (χ1v) is 13.9. The van der Waals surface area contributed by atoms with Crippen LogP contribution in [0.4, 0.5) is 0 Å². The zero-order valence-electron chi connectivity index (χ0n) is 24.7. The van der Waals surface area contributed by atoms with Crippen LogP contribution in [0.5, 0.6) is 0 Å². The summed E-state index contributed by atoms with van der Waals surface area (Å²) in [6.45, 7) is 20.9. The van der Waals surface area contributed by atoms with Gasteiger partial charge in [-0.05, 0) is 77.6 Å². The molecular weight excluding hydrogens is 480 g/mol. The number of ether oxygens (including phenoxy) is 2. The van der Waals surface area contributed by atoms with Gasteiger partial charge in [0.1, 0.15) is 11.7 Å². The van der Waals surface area contributed by atoms with Crippen LogP contribution in [0.15, 0.2) is 60.8 Å². The first-order chi connectivity index (χ1) is 17.7. The van der Waals surface area contributed by atoms with Crippen LogP contribution in [-0.2, 0) is 14.3 Å². The first kappa shape index (κ1) is 34.0. The number of allylic oxidation sites excluding steroid dienone is 4. The Hall–Kier alpha value is -1.99. The minimum atomic E-state index is -1.80. The second kappa shape index (κ2) is 15.6. The number of rotatable bonds is 15. The number of hydrogen-bond donors (Lipinski definition) is 3. The van der Waals surface area contributed by atoms with Crippen molar-refractivity contribution in [2.75, 3.05) is 0 Å². The summed E-state index contributed by atoms with van der Waals surface area (Å²) in [4.78, 5) is 12.8. The number of aliphatic hydroxyl groups is 3. The van der Waals surface area contributed by atoms with Crippen LogP contribution in [-0.4, -0.2) is 51.0 Å². The molecule has 0 saturated carbocycles. The van der Waals surface area contributed by atoms with Crippen LogP contribution in [0.2, 0.25) is 0 Å². The van der Waals surface area contributed by atoms with Gasteiger partial charge in [0, 0.05) is 12.5 Å². The summed E-state index contributed by atoms with van der Waals surface area (Å²) in [6.07, 6.45) is 12.6. The molecule has 1 aliphatic rings. The van der Waals surface area contributed by atoms with Crippen LogP contribution < -0.4 is 0 Å². The molecule has 38 heavy (non-hydrogen) atoms. The van der Waals surface area contributed by atoms with E-state index in [1.807, 2.05) is 33.8 Å². The van der Waals surface area contributed by atoms with Gasteiger partial charge in [-0.1, -0.05) is 68.9 Å². The molecule has 0 radical (unpaired) electrons. The van der Waals surface area contributed by atoms with Gasteiger partial charge in [-0.2, -0.15) is 0 Å². The summed E-state index contributed by atoms with van der Waals surface area (Å²) in [5.41, 5.74) is 0.114. The Balaban J connectivity index is 2.98. The fraction of sp³-hybridized carbons (Fsp3) is 0.656. The summed E-state index contributed by atoms with van der Waals surface area (Å²) >= 11 is 0. The van der Waals surface area contributed by atoms with E-state index in [1.54, 1.807) is 31.2 Å². The average molecular weight is 533 g/mol. The number of hydrogen-bond acceptors (Lipinski definition) is 6. The van der Waals surface area contributed by atoms with Crippen molar-refractivity contribution in [3.63, 3.8) is 0 Å². The minimum absolute atomic E-state index is 0.0646. The molecule has 1 heterocycles. The molecule has 0 spiro atoms. The Morgan fingerprint density at radius 2 is 1.89 bits per heavy atom. The van der Waals surface area contributed by atoms with Gasteiger partial charge in [-0.15, -0.1) is 6.58 Å². The summed E-state index contributed by atoms with van der Waals surface area (Å²) in [5, 5.41) is 32.4. The zero-order chi connectivity index (χ0) is 29.1. The Kier molecular flexibility index (Phi) is 13.9. The summed E-state index contributed by atoms with van der Waals surface area (Å²) < 4.78 is 11.8. The third-order valence-corrected chi connectivity index (χ3v) is 7.72. The van der Waals surface area contributed by atoms with Gasteiger partial charge in [-0.25, -0.2) is 4.79 Å². The molecule has 3 N–H and O–H groups in total. The molecule has 0 aromatic rings. The van der Waals surface area contributed by atoms with Crippen molar-refractivity contribution >= 4 is 5.97 Å². The van der Waals surface area contributed by atoms with Gasteiger partial charge < -0.3 is 24.8 Å². The molecule has 1 fully saturated rings. The predicted octanol–water partition coefficient (Wildman–Crippen LogP) is 6.19. The van der Waals surface area contributed by atoms with Gasteiger partial charge in [0.05, 0.1) is 12.2 Å². The lowest BCUT2D eigenvalue weighted by Crippen LogP contribution is -2.56. The van der Waals surface area contributed by atoms with Crippen LogP contribution in [0.1, 0.15) is 87.0 Å². The topological polar surface area (TPSA) is 96.2 Å². The molecular formula is C32H52O6. The monoisotopic (exact) mass is 532 g/mol. The van der Waals surface area contributed by atoms with Gasteiger partial charge in [0.15, 0.2) is 0 Å². The molecule has 6 nitrogen and oxygen atoms in total. The van der Waals surface area contributed by atoms with E-state index in [-0.39, 0.29) is 30.3 Å². The number of carbonyl (C=O) groups is 1. The van der Waals surface area contributed by atoms with E-state index in [0.717, 1.165) is 17.6 Å². The number of carbonyl (C=O) groups excluding carboxylic acids is 1. The maximum Gasteiger partial charge on any atom is 0.330 e. The van der Waals surface area contributed by atoms with Gasteiger partial charge in [-0.3, -0.25) is 0 Å². The van der Waals surface area contributed by atoms with Crippen molar-refractivity contribution in [1.82, 2.24) is 0 Å². The summed E-state index contributed by atoms with van der Waals surface area (Å²) in [5.74, 6) is -2.12. The minimum Gasteiger partial charge on any atom is -0.459 e. The molecule has 8 atom stereocenters. The SMILES string of the molecule is C=CC[C@H]1CC(=C)C[C@@](O)(C(C)(O)/C=C/CC(C)C(CC(C)C(C)O)OC(=O)/C=C(\C)C(C)C/C=C/C)O1. The van der Waals surface area contributed by atoms with E-state index < -0.39 is 29.6 Å². The van der Waals surface area contributed by atoms with Crippen molar-refractivity contribution in [2.45, 2.75) is 117 Å². The fourth-order valence-corrected chi connectivity index (χ4v) is 4.50. The Labute approximate surface area is 230 Å². The second-order valence-corrected chi connectivity index (χ2v) is 11.5. The highest BCUT2D eigenvalue weighted by atomic mass is 16.6.